The van der Waals surface area contributed by atoms with Crippen LogP contribution in [0.15, 0.2) is 18.2 Å². The Morgan fingerprint density at radius 2 is 2.00 bits per heavy atom. The van der Waals surface area contributed by atoms with Crippen LogP contribution in [0.2, 0.25) is 0 Å². The summed E-state index contributed by atoms with van der Waals surface area (Å²) in [4.78, 5) is 12.7. The number of nitrogens with one attached hydrogen (secondary N) is 1. The highest BCUT2D eigenvalue weighted by atomic mass is 16.6. The summed E-state index contributed by atoms with van der Waals surface area (Å²) in [7, 11) is 2.00. The maximum atomic E-state index is 10.9. The number of nitrogens with zero attached hydrogens (tertiary/aromatic N) is 2. The molecule has 0 heterocycles. The van der Waals surface area contributed by atoms with Crippen LogP contribution < -0.4 is 16.2 Å². The molecule has 0 saturated heterocycles. The molecule has 1 aromatic carbocycles. The Kier molecular flexibility index (Phi) is 4.21. The van der Waals surface area contributed by atoms with Gasteiger partial charge in [-0.3, -0.25) is 16.0 Å². The number of anilines is 2. The Balaban J connectivity index is 2.26. The molecule has 2 rings (SSSR count). The molecular formula is C13H20N4O2. The molecule has 0 spiro atoms. The number of nitrogen functional groups attached to an aromatic ring is 1. The summed E-state index contributed by atoms with van der Waals surface area (Å²) in [6.45, 7) is 0. The lowest BCUT2D eigenvalue weighted by atomic mass is 9.94. The molecule has 0 aromatic heterocycles. The highest BCUT2D eigenvalue weighted by Gasteiger charge is 2.20. The van der Waals surface area contributed by atoms with Crippen LogP contribution in [0, 0.1) is 10.1 Å². The number of hydrogen-bond donors (Lipinski definition) is 2. The third-order valence-electron chi connectivity index (χ3n) is 3.81. The topological polar surface area (TPSA) is 84.4 Å². The van der Waals surface area contributed by atoms with E-state index in [0.29, 0.717) is 11.7 Å². The zero-order valence-corrected chi connectivity index (χ0v) is 11.1. The van der Waals surface area contributed by atoms with Gasteiger partial charge >= 0.3 is 0 Å². The van der Waals surface area contributed by atoms with E-state index in [4.69, 9.17) is 5.84 Å². The van der Waals surface area contributed by atoms with Crippen LogP contribution in [-0.2, 0) is 0 Å². The van der Waals surface area contributed by atoms with Crippen molar-refractivity contribution < 1.29 is 4.92 Å². The first-order valence-corrected chi connectivity index (χ1v) is 6.60. The van der Waals surface area contributed by atoms with E-state index >= 15 is 0 Å². The number of hydrogen-bond acceptors (Lipinski definition) is 5. The summed E-state index contributed by atoms with van der Waals surface area (Å²) in [6, 6.07) is 5.36. The van der Waals surface area contributed by atoms with E-state index < -0.39 is 0 Å². The zero-order valence-electron chi connectivity index (χ0n) is 11.1. The van der Waals surface area contributed by atoms with E-state index in [1.54, 1.807) is 6.07 Å². The van der Waals surface area contributed by atoms with Crippen LogP contribution in [0.5, 0.6) is 0 Å². The van der Waals surface area contributed by atoms with E-state index in [-0.39, 0.29) is 10.6 Å². The third kappa shape index (κ3) is 3.14. The predicted octanol–water partition coefficient (Wildman–Crippen LogP) is 2.65. The number of non-ortho nitro benzene ring substituents is 1. The minimum absolute atomic E-state index is 0.0631. The Morgan fingerprint density at radius 3 is 2.58 bits per heavy atom. The highest BCUT2D eigenvalue weighted by molar-refractivity contribution is 5.64. The van der Waals surface area contributed by atoms with Gasteiger partial charge in [0.25, 0.3) is 5.69 Å². The zero-order chi connectivity index (χ0) is 13.8. The summed E-state index contributed by atoms with van der Waals surface area (Å²) < 4.78 is 0. The minimum atomic E-state index is -0.390. The van der Waals surface area contributed by atoms with Crippen molar-refractivity contribution in [3.8, 4) is 0 Å². The average molecular weight is 264 g/mol. The molecule has 0 unspecified atom stereocenters. The van der Waals surface area contributed by atoms with Crippen molar-refractivity contribution in [2.75, 3.05) is 17.4 Å². The third-order valence-corrected chi connectivity index (χ3v) is 3.81. The van der Waals surface area contributed by atoms with Gasteiger partial charge in [0.15, 0.2) is 0 Å². The second kappa shape index (κ2) is 5.88. The van der Waals surface area contributed by atoms with Crippen LogP contribution in [0.3, 0.4) is 0 Å². The van der Waals surface area contributed by atoms with Crippen LogP contribution in [0.1, 0.15) is 32.1 Å². The largest absolute Gasteiger partial charge is 0.371 e. The summed E-state index contributed by atoms with van der Waals surface area (Å²) in [5, 5.41) is 10.9. The van der Waals surface area contributed by atoms with Crippen LogP contribution in [0.4, 0.5) is 17.1 Å². The van der Waals surface area contributed by atoms with Crippen molar-refractivity contribution in [2.24, 2.45) is 5.84 Å². The van der Waals surface area contributed by atoms with Crippen molar-refractivity contribution in [3.05, 3.63) is 28.3 Å². The molecule has 1 aromatic rings. The first-order valence-electron chi connectivity index (χ1n) is 6.60. The number of hydrazine groups is 1. The molecule has 0 radical (unpaired) electrons. The smallest absolute Gasteiger partial charge is 0.273 e. The SMILES string of the molecule is CN(c1cc(NN)cc([N+](=O)[O-])c1)C1CCCCC1. The van der Waals surface area contributed by atoms with Crippen molar-refractivity contribution >= 4 is 17.1 Å². The first-order chi connectivity index (χ1) is 9.11. The van der Waals surface area contributed by atoms with E-state index in [2.05, 4.69) is 10.3 Å². The molecule has 104 valence electrons. The minimum Gasteiger partial charge on any atom is -0.371 e. The number of rotatable bonds is 4. The quantitative estimate of drug-likeness (QED) is 0.496. The van der Waals surface area contributed by atoms with Crippen molar-refractivity contribution in [1.29, 1.82) is 0 Å². The van der Waals surface area contributed by atoms with Crippen molar-refractivity contribution in [2.45, 2.75) is 38.1 Å². The molecule has 3 N–H and O–H groups in total. The Bertz CT molecular complexity index is 458. The molecule has 6 nitrogen and oxygen atoms in total. The molecule has 19 heavy (non-hydrogen) atoms. The van der Waals surface area contributed by atoms with Gasteiger partial charge in [0.2, 0.25) is 0 Å². The highest BCUT2D eigenvalue weighted by Crippen LogP contribution is 2.30. The molecule has 6 heteroatoms. The standard InChI is InChI=1S/C13H20N4O2/c1-16(11-5-3-2-4-6-11)12-7-10(15-14)8-13(9-12)17(18)19/h7-9,11,15H,2-6,14H2,1H3. The van der Waals surface area contributed by atoms with E-state index in [1.165, 1.54) is 25.3 Å². The fourth-order valence-corrected chi connectivity index (χ4v) is 2.67. The molecule has 0 aliphatic heterocycles. The summed E-state index contributed by atoms with van der Waals surface area (Å²) in [5.74, 6) is 5.38. The average Bonchev–Trinajstić information content (AvgIpc) is 2.46. The summed E-state index contributed by atoms with van der Waals surface area (Å²) >= 11 is 0. The lowest BCUT2D eigenvalue weighted by Crippen LogP contribution is -2.33. The number of benzene rings is 1. The summed E-state index contributed by atoms with van der Waals surface area (Å²) in [5.41, 5.74) is 3.96. The monoisotopic (exact) mass is 264 g/mol. The van der Waals surface area contributed by atoms with Gasteiger partial charge in [-0.15, -0.1) is 0 Å². The maximum Gasteiger partial charge on any atom is 0.273 e. The molecule has 0 atom stereocenters. The normalized spacial score (nSPS) is 16.1. The van der Waals surface area contributed by atoms with Crippen molar-refractivity contribution in [1.82, 2.24) is 0 Å². The fourth-order valence-electron chi connectivity index (χ4n) is 2.67. The second-order valence-corrected chi connectivity index (χ2v) is 5.04. The molecule has 1 aliphatic rings. The van der Waals surface area contributed by atoms with E-state index in [1.807, 2.05) is 13.1 Å². The van der Waals surface area contributed by atoms with Gasteiger partial charge in [-0.05, 0) is 18.9 Å². The predicted molar refractivity (Wildman–Crippen MR) is 76.2 cm³/mol. The molecule has 1 saturated carbocycles. The molecule has 0 bridgehead atoms. The Labute approximate surface area is 112 Å². The molecular weight excluding hydrogens is 244 g/mol. The van der Waals surface area contributed by atoms with Gasteiger partial charge in [-0.25, -0.2) is 0 Å². The molecule has 0 amide bonds. The number of nitro groups is 1. The Morgan fingerprint density at radius 1 is 1.32 bits per heavy atom. The van der Waals surface area contributed by atoms with Gasteiger partial charge < -0.3 is 10.3 Å². The van der Waals surface area contributed by atoms with Gasteiger partial charge in [0.05, 0.1) is 10.6 Å². The van der Waals surface area contributed by atoms with E-state index in [0.717, 1.165) is 18.5 Å². The first kappa shape index (κ1) is 13.6. The molecule has 1 aliphatic carbocycles. The molecule has 1 fully saturated rings. The van der Waals surface area contributed by atoms with E-state index in [9.17, 15) is 10.1 Å². The summed E-state index contributed by atoms with van der Waals surface area (Å²) in [6.07, 6.45) is 6.03. The lowest BCUT2D eigenvalue weighted by molar-refractivity contribution is -0.384. The second-order valence-electron chi connectivity index (χ2n) is 5.04. The maximum absolute atomic E-state index is 10.9. The van der Waals surface area contributed by atoms with Gasteiger partial charge in [-0.2, -0.15) is 0 Å². The van der Waals surface area contributed by atoms with Crippen molar-refractivity contribution in [3.63, 3.8) is 0 Å². The van der Waals surface area contributed by atoms with Crippen LogP contribution >= 0.6 is 0 Å². The fraction of sp³-hybridized carbons (Fsp3) is 0.538. The van der Waals surface area contributed by atoms with Crippen LogP contribution in [0.25, 0.3) is 0 Å². The van der Waals surface area contributed by atoms with Gasteiger partial charge in [-0.1, -0.05) is 19.3 Å². The Hall–Kier alpha value is -1.82. The van der Waals surface area contributed by atoms with Gasteiger partial charge in [0.1, 0.15) is 0 Å². The number of nitro benzene ring substituents is 1. The van der Waals surface area contributed by atoms with Gasteiger partial charge in [0, 0.05) is 30.9 Å². The van der Waals surface area contributed by atoms with Crippen LogP contribution in [-0.4, -0.2) is 18.0 Å². The lowest BCUT2D eigenvalue weighted by Gasteiger charge is -2.33. The number of nitrogens with two attached hydrogens (primary N) is 1.